The molecule has 114 valence electrons. The van der Waals surface area contributed by atoms with Crippen LogP contribution in [-0.2, 0) is 28.7 Å². The van der Waals surface area contributed by atoms with Crippen molar-refractivity contribution >= 4 is 23.8 Å². The molecule has 0 radical (unpaired) electrons. The van der Waals surface area contributed by atoms with Crippen LogP contribution >= 0.6 is 0 Å². The van der Waals surface area contributed by atoms with Gasteiger partial charge in [0.1, 0.15) is 0 Å². The number of methoxy groups -OCH3 is 2. The van der Waals surface area contributed by atoms with Gasteiger partial charge in [0.15, 0.2) is 0 Å². The summed E-state index contributed by atoms with van der Waals surface area (Å²) in [7, 11) is 2.29. The van der Waals surface area contributed by atoms with E-state index in [0.717, 1.165) is 27.1 Å². The summed E-state index contributed by atoms with van der Waals surface area (Å²) in [5, 5.41) is 4.84. The van der Waals surface area contributed by atoms with Crippen LogP contribution in [0.25, 0.3) is 0 Å². The van der Waals surface area contributed by atoms with E-state index in [0.29, 0.717) is 25.9 Å². The lowest BCUT2D eigenvalue weighted by Gasteiger charge is -2.05. The molecule has 8 heteroatoms. The quantitative estimate of drug-likeness (QED) is 0.358. The molecule has 0 spiro atoms. The zero-order chi connectivity index (χ0) is 15.4. The van der Waals surface area contributed by atoms with E-state index in [2.05, 4.69) is 20.1 Å². The van der Waals surface area contributed by atoms with Crippen molar-refractivity contribution in [1.29, 1.82) is 0 Å². The average Bonchev–Trinajstić information content (AvgIpc) is 2.47. The highest BCUT2D eigenvalue weighted by atomic mass is 16.5. The molecule has 2 amide bonds. The van der Waals surface area contributed by atoms with Crippen molar-refractivity contribution in [3.8, 4) is 0 Å². The van der Waals surface area contributed by atoms with Gasteiger partial charge in [-0.15, -0.1) is 0 Å². The third-order valence-corrected chi connectivity index (χ3v) is 2.42. The first-order valence-corrected chi connectivity index (χ1v) is 6.25. The highest BCUT2D eigenvalue weighted by Gasteiger charge is 2.12. The van der Waals surface area contributed by atoms with Crippen LogP contribution in [0.2, 0.25) is 0 Å². The summed E-state index contributed by atoms with van der Waals surface area (Å²) < 4.78 is 8.49. The van der Waals surface area contributed by atoms with Crippen LogP contribution in [0.3, 0.4) is 0 Å². The number of carbonyl (C=O) groups is 4. The number of unbranched alkanes of at least 4 members (excludes halogenated alkanes) is 3. The predicted octanol–water partition coefficient (Wildman–Crippen LogP) is -0.875. The molecule has 0 fully saturated rings. The number of hydrogen-bond donors (Lipinski definition) is 2. The van der Waals surface area contributed by atoms with Crippen LogP contribution in [0.1, 0.15) is 25.7 Å². The average molecular weight is 288 g/mol. The molecule has 0 bridgehead atoms. The second-order valence-electron chi connectivity index (χ2n) is 3.91. The second-order valence-corrected chi connectivity index (χ2v) is 3.91. The molecular formula is C12H20N2O6. The van der Waals surface area contributed by atoms with Gasteiger partial charge in [-0.25, -0.2) is 9.59 Å². The smallest absolute Gasteiger partial charge is 0.396 e. The Morgan fingerprint density at radius 1 is 0.700 bits per heavy atom. The molecule has 2 N–H and O–H groups in total. The molecule has 0 rings (SSSR count). The molecule has 0 saturated carbocycles. The summed E-state index contributed by atoms with van der Waals surface area (Å²) in [5.41, 5.74) is 0. The molecule has 0 aliphatic heterocycles. The maximum absolute atomic E-state index is 11.0. The zero-order valence-electron chi connectivity index (χ0n) is 11.7. The summed E-state index contributed by atoms with van der Waals surface area (Å²) >= 11 is 0. The molecule has 0 saturated heterocycles. The number of ether oxygens (including phenoxy) is 2. The first-order chi connectivity index (χ1) is 9.52. The fourth-order valence-corrected chi connectivity index (χ4v) is 1.34. The number of amides is 2. The third kappa shape index (κ3) is 8.06. The van der Waals surface area contributed by atoms with Crippen LogP contribution in [0, 0.1) is 0 Å². The van der Waals surface area contributed by atoms with E-state index >= 15 is 0 Å². The van der Waals surface area contributed by atoms with E-state index in [9.17, 15) is 19.2 Å². The van der Waals surface area contributed by atoms with Gasteiger partial charge in [0, 0.05) is 13.1 Å². The number of nitrogens with one attached hydrogen (secondary N) is 2. The van der Waals surface area contributed by atoms with Crippen molar-refractivity contribution in [1.82, 2.24) is 10.6 Å². The van der Waals surface area contributed by atoms with Gasteiger partial charge in [-0.05, 0) is 12.8 Å². The molecule has 0 aromatic heterocycles. The Hall–Kier alpha value is -2.12. The third-order valence-electron chi connectivity index (χ3n) is 2.42. The Bertz CT molecular complexity index is 322. The van der Waals surface area contributed by atoms with E-state index < -0.39 is 23.8 Å². The summed E-state index contributed by atoms with van der Waals surface area (Å²) in [4.78, 5) is 43.5. The van der Waals surface area contributed by atoms with Gasteiger partial charge >= 0.3 is 23.8 Å². The molecule has 0 aromatic rings. The summed E-state index contributed by atoms with van der Waals surface area (Å²) in [6.45, 7) is 0.783. The van der Waals surface area contributed by atoms with E-state index in [4.69, 9.17) is 0 Å². The Labute approximate surface area is 117 Å². The summed E-state index contributed by atoms with van der Waals surface area (Å²) in [6, 6.07) is 0. The number of esters is 2. The molecule has 20 heavy (non-hydrogen) atoms. The standard InChI is InChI=1S/C12H20N2O6/c1-19-11(17)9(15)13-7-5-3-4-6-8-14-10(16)12(18)20-2/h3-8H2,1-2H3,(H,13,15)(H,14,16). The summed E-state index contributed by atoms with van der Waals surface area (Å²) in [6.07, 6.45) is 3.09. The lowest BCUT2D eigenvalue weighted by molar-refractivity contribution is -0.152. The zero-order valence-corrected chi connectivity index (χ0v) is 11.7. The first-order valence-electron chi connectivity index (χ1n) is 6.25. The van der Waals surface area contributed by atoms with Gasteiger partial charge in [-0.3, -0.25) is 9.59 Å². The van der Waals surface area contributed by atoms with Crippen molar-refractivity contribution < 1.29 is 28.7 Å². The van der Waals surface area contributed by atoms with Crippen molar-refractivity contribution in [2.75, 3.05) is 27.3 Å². The molecule has 0 unspecified atom stereocenters. The Kier molecular flexibility index (Phi) is 9.63. The monoisotopic (exact) mass is 288 g/mol. The fraction of sp³-hybridized carbons (Fsp3) is 0.667. The maximum atomic E-state index is 11.0. The maximum Gasteiger partial charge on any atom is 0.396 e. The van der Waals surface area contributed by atoms with Crippen LogP contribution in [-0.4, -0.2) is 51.1 Å². The Balaban J connectivity index is 3.42. The second kappa shape index (κ2) is 10.8. The van der Waals surface area contributed by atoms with Gasteiger partial charge in [0.25, 0.3) is 0 Å². The highest BCUT2D eigenvalue weighted by Crippen LogP contribution is 1.97. The molecule has 0 aromatic carbocycles. The van der Waals surface area contributed by atoms with Gasteiger partial charge in [-0.1, -0.05) is 12.8 Å². The van der Waals surface area contributed by atoms with Crippen LogP contribution < -0.4 is 10.6 Å². The van der Waals surface area contributed by atoms with Gasteiger partial charge in [-0.2, -0.15) is 0 Å². The van der Waals surface area contributed by atoms with Crippen LogP contribution in [0.15, 0.2) is 0 Å². The molecule has 0 aliphatic rings. The Morgan fingerprint density at radius 2 is 1.05 bits per heavy atom. The van der Waals surface area contributed by atoms with Gasteiger partial charge < -0.3 is 20.1 Å². The molecular weight excluding hydrogens is 268 g/mol. The van der Waals surface area contributed by atoms with Gasteiger partial charge in [0.2, 0.25) is 0 Å². The SMILES string of the molecule is COC(=O)C(=O)NCCCCCCNC(=O)C(=O)OC. The minimum atomic E-state index is -0.907. The molecule has 8 nitrogen and oxygen atoms in total. The number of rotatable bonds is 7. The number of carbonyl (C=O) groups excluding carboxylic acids is 4. The van der Waals surface area contributed by atoms with Crippen LogP contribution in [0.4, 0.5) is 0 Å². The minimum absolute atomic E-state index is 0.391. The number of hydrogen-bond acceptors (Lipinski definition) is 6. The van der Waals surface area contributed by atoms with Crippen molar-refractivity contribution in [2.45, 2.75) is 25.7 Å². The largest absolute Gasteiger partial charge is 0.462 e. The highest BCUT2D eigenvalue weighted by molar-refractivity contribution is 6.32. The lowest BCUT2D eigenvalue weighted by atomic mass is 10.2. The molecule has 0 atom stereocenters. The normalized spacial score (nSPS) is 9.50. The van der Waals surface area contributed by atoms with Crippen LogP contribution in [0.5, 0.6) is 0 Å². The Morgan fingerprint density at radius 3 is 1.35 bits per heavy atom. The topological polar surface area (TPSA) is 111 Å². The molecule has 0 aliphatic carbocycles. The predicted molar refractivity (Wildman–Crippen MR) is 68.5 cm³/mol. The lowest BCUT2D eigenvalue weighted by Crippen LogP contribution is -2.33. The van der Waals surface area contributed by atoms with Gasteiger partial charge in [0.05, 0.1) is 14.2 Å². The van der Waals surface area contributed by atoms with Crippen molar-refractivity contribution in [3.05, 3.63) is 0 Å². The fourth-order valence-electron chi connectivity index (χ4n) is 1.34. The minimum Gasteiger partial charge on any atom is -0.462 e. The molecule has 0 heterocycles. The van der Waals surface area contributed by atoms with Crippen molar-refractivity contribution in [2.24, 2.45) is 0 Å². The summed E-state index contributed by atoms with van der Waals surface area (Å²) in [5.74, 6) is -3.32. The van der Waals surface area contributed by atoms with E-state index in [1.165, 1.54) is 0 Å². The van der Waals surface area contributed by atoms with E-state index in [1.54, 1.807) is 0 Å². The first kappa shape index (κ1) is 17.9. The van der Waals surface area contributed by atoms with E-state index in [-0.39, 0.29) is 0 Å². The van der Waals surface area contributed by atoms with Crippen molar-refractivity contribution in [3.63, 3.8) is 0 Å². The van der Waals surface area contributed by atoms with E-state index in [1.807, 2.05) is 0 Å².